The average molecular weight is 493 g/mol. The second kappa shape index (κ2) is 9.90. The summed E-state index contributed by atoms with van der Waals surface area (Å²) in [6, 6.07) is 16.2. The summed E-state index contributed by atoms with van der Waals surface area (Å²) in [6.07, 6.45) is 1.84. The first-order valence-electron chi connectivity index (χ1n) is 11.7. The molecule has 1 amide bonds. The van der Waals surface area contributed by atoms with Crippen molar-refractivity contribution in [3.05, 3.63) is 98.6 Å². The minimum Gasteiger partial charge on any atom is -0.497 e. The number of amides is 1. The first-order valence-corrected chi connectivity index (χ1v) is 11.7. The highest BCUT2D eigenvalue weighted by molar-refractivity contribution is 6.03. The lowest BCUT2D eigenvalue weighted by Crippen LogP contribution is -2.45. The number of nitrogens with zero attached hydrogens (tertiary/aromatic N) is 4. The molecule has 0 radical (unpaired) electrons. The van der Waals surface area contributed by atoms with Crippen LogP contribution in [0, 0.1) is 5.82 Å². The number of carbonyl (C=O) groups excluding carboxylic acids is 1. The summed E-state index contributed by atoms with van der Waals surface area (Å²) in [5.74, 6) is -1.07. The lowest BCUT2D eigenvalue weighted by molar-refractivity contribution is -0.133. The monoisotopic (exact) mass is 492 g/mol. The van der Waals surface area contributed by atoms with Crippen LogP contribution in [0.2, 0.25) is 0 Å². The number of rotatable bonds is 6. The van der Waals surface area contributed by atoms with Crippen LogP contribution in [0.1, 0.15) is 42.7 Å². The fraction of sp³-hybridized carbons (Fsp3) is 0.308. The van der Waals surface area contributed by atoms with Gasteiger partial charge >= 0.3 is 5.69 Å². The van der Waals surface area contributed by atoms with Crippen LogP contribution in [0.25, 0.3) is 0 Å². The van der Waals surface area contributed by atoms with Crippen molar-refractivity contribution in [1.82, 2.24) is 14.1 Å². The van der Waals surface area contributed by atoms with Crippen LogP contribution in [0.3, 0.4) is 0 Å². The summed E-state index contributed by atoms with van der Waals surface area (Å²) in [6.45, 7) is -0.217. The van der Waals surface area contributed by atoms with E-state index >= 15 is 0 Å². The Morgan fingerprint density at radius 1 is 1.14 bits per heavy atom. The van der Waals surface area contributed by atoms with E-state index in [0.717, 1.165) is 21.9 Å². The number of aromatic nitrogens is 2. The molecule has 2 aliphatic heterocycles. The third-order valence-corrected chi connectivity index (χ3v) is 6.44. The Bertz CT molecular complexity index is 1410. The Hall–Kier alpha value is -4.05. The molecule has 36 heavy (non-hydrogen) atoms. The van der Waals surface area contributed by atoms with Crippen molar-refractivity contribution in [1.29, 1.82) is 0 Å². The van der Waals surface area contributed by atoms with Gasteiger partial charge in [-0.15, -0.1) is 0 Å². The largest absolute Gasteiger partial charge is 0.497 e. The molecule has 3 aromatic rings. The molecule has 1 saturated heterocycles. The van der Waals surface area contributed by atoms with Crippen molar-refractivity contribution in [3.63, 3.8) is 0 Å². The highest BCUT2D eigenvalue weighted by Gasteiger charge is 2.34. The second-order valence-electron chi connectivity index (χ2n) is 8.67. The number of hydrazone groups is 1. The van der Waals surface area contributed by atoms with Crippen molar-refractivity contribution in [2.24, 2.45) is 5.10 Å². The van der Waals surface area contributed by atoms with Gasteiger partial charge in [0.1, 0.15) is 18.5 Å². The van der Waals surface area contributed by atoms with E-state index in [1.165, 1.54) is 5.01 Å². The topological polar surface area (TPSA) is 95.1 Å². The molecule has 0 N–H and O–H groups in total. The third kappa shape index (κ3) is 4.47. The summed E-state index contributed by atoms with van der Waals surface area (Å²) in [7, 11) is 1.57. The van der Waals surface area contributed by atoms with Crippen LogP contribution in [0.5, 0.6) is 5.75 Å². The Labute approximate surface area is 206 Å². The molecule has 5 rings (SSSR count). The standard InChI is InChI=1S/C26H25FN4O5/c1-35-19-11-9-18(10-12-19)22-14-21(17-6-3-2-4-7-17)28-31(22)23(32)16-30-25(33)20(27)15-29(26(30)34)24-8-5-13-36-24/h2-4,6-7,9-12,15,22,24H,5,8,13-14,16H2,1H3/t22-,24+/m1/s1. The van der Waals surface area contributed by atoms with E-state index in [1.54, 1.807) is 19.2 Å². The lowest BCUT2D eigenvalue weighted by atomic mass is 9.98. The summed E-state index contributed by atoms with van der Waals surface area (Å²) in [5.41, 5.74) is 0.398. The molecule has 9 nitrogen and oxygen atoms in total. The molecule has 10 heteroatoms. The highest BCUT2D eigenvalue weighted by Crippen LogP contribution is 2.33. The van der Waals surface area contributed by atoms with Crippen LogP contribution >= 0.6 is 0 Å². The van der Waals surface area contributed by atoms with Gasteiger partial charge in [0.15, 0.2) is 0 Å². The number of benzene rings is 2. The van der Waals surface area contributed by atoms with Gasteiger partial charge in [-0.2, -0.15) is 9.49 Å². The number of methoxy groups -OCH3 is 1. The summed E-state index contributed by atoms with van der Waals surface area (Å²) in [5, 5.41) is 5.84. The molecular formula is C26H25FN4O5. The van der Waals surface area contributed by atoms with Crippen molar-refractivity contribution >= 4 is 11.6 Å². The molecule has 2 aliphatic rings. The van der Waals surface area contributed by atoms with Gasteiger partial charge in [0, 0.05) is 13.0 Å². The van der Waals surface area contributed by atoms with Gasteiger partial charge in [-0.25, -0.2) is 14.4 Å². The minimum absolute atomic E-state index is 0.431. The summed E-state index contributed by atoms with van der Waals surface area (Å²) >= 11 is 0. The summed E-state index contributed by atoms with van der Waals surface area (Å²) in [4.78, 5) is 39.1. The van der Waals surface area contributed by atoms with Crippen LogP contribution in [-0.4, -0.2) is 39.5 Å². The Morgan fingerprint density at radius 2 is 1.89 bits per heavy atom. The van der Waals surface area contributed by atoms with Crippen LogP contribution in [0.15, 0.2) is 75.5 Å². The van der Waals surface area contributed by atoms with E-state index < -0.39 is 41.8 Å². The van der Waals surface area contributed by atoms with E-state index in [9.17, 15) is 18.8 Å². The van der Waals surface area contributed by atoms with Crippen LogP contribution < -0.4 is 16.0 Å². The fourth-order valence-electron chi connectivity index (χ4n) is 4.55. The molecule has 2 aromatic carbocycles. The Balaban J connectivity index is 1.50. The number of carbonyl (C=O) groups is 1. The molecule has 0 bridgehead atoms. The minimum atomic E-state index is -1.16. The number of hydrogen-bond acceptors (Lipinski definition) is 6. The van der Waals surface area contributed by atoms with Crippen LogP contribution in [-0.2, 0) is 16.1 Å². The van der Waals surface area contributed by atoms with Gasteiger partial charge in [0.2, 0.25) is 5.82 Å². The quantitative estimate of drug-likeness (QED) is 0.528. The Kier molecular flexibility index (Phi) is 6.51. The van der Waals surface area contributed by atoms with Crippen LogP contribution in [0.4, 0.5) is 4.39 Å². The Morgan fingerprint density at radius 3 is 2.56 bits per heavy atom. The number of ether oxygens (including phenoxy) is 2. The molecular weight excluding hydrogens is 467 g/mol. The van der Waals surface area contributed by atoms with E-state index in [-0.39, 0.29) is 0 Å². The van der Waals surface area contributed by atoms with Gasteiger partial charge < -0.3 is 9.47 Å². The van der Waals surface area contributed by atoms with E-state index in [1.807, 2.05) is 42.5 Å². The maximum absolute atomic E-state index is 14.5. The SMILES string of the molecule is COc1ccc([C@H]2CC(c3ccccc3)=NN2C(=O)Cn2c(=O)c(F)cn([C@@H]3CCCO3)c2=O)cc1. The van der Waals surface area contributed by atoms with E-state index in [2.05, 4.69) is 5.10 Å². The zero-order chi connectivity index (χ0) is 25.2. The molecule has 0 spiro atoms. The smallest absolute Gasteiger partial charge is 0.333 e. The van der Waals surface area contributed by atoms with E-state index in [0.29, 0.717) is 41.9 Å². The van der Waals surface area contributed by atoms with Gasteiger partial charge in [-0.3, -0.25) is 14.2 Å². The predicted molar refractivity (Wildman–Crippen MR) is 129 cm³/mol. The molecule has 0 unspecified atom stereocenters. The maximum Gasteiger partial charge on any atom is 0.333 e. The molecule has 1 fully saturated rings. The normalized spacial score (nSPS) is 19.4. The average Bonchev–Trinajstić information content (AvgIpc) is 3.60. The fourth-order valence-corrected chi connectivity index (χ4v) is 4.55. The molecule has 0 saturated carbocycles. The predicted octanol–water partition coefficient (Wildman–Crippen LogP) is 2.84. The van der Waals surface area contributed by atoms with Crippen molar-refractivity contribution in [3.8, 4) is 5.75 Å². The maximum atomic E-state index is 14.5. The second-order valence-corrected chi connectivity index (χ2v) is 8.67. The zero-order valence-electron chi connectivity index (χ0n) is 19.7. The highest BCUT2D eigenvalue weighted by atomic mass is 19.1. The van der Waals surface area contributed by atoms with Crippen molar-refractivity contribution in [2.45, 2.75) is 38.1 Å². The van der Waals surface area contributed by atoms with Gasteiger partial charge in [-0.05, 0) is 36.1 Å². The van der Waals surface area contributed by atoms with Gasteiger partial charge in [0.05, 0.1) is 25.1 Å². The van der Waals surface area contributed by atoms with Crippen molar-refractivity contribution < 1.29 is 18.7 Å². The molecule has 3 heterocycles. The lowest BCUT2D eigenvalue weighted by Gasteiger charge is -2.23. The number of halogens is 1. The van der Waals surface area contributed by atoms with Gasteiger partial charge in [-0.1, -0.05) is 42.5 Å². The van der Waals surface area contributed by atoms with E-state index in [4.69, 9.17) is 9.47 Å². The summed E-state index contributed by atoms with van der Waals surface area (Å²) < 4.78 is 26.9. The number of hydrogen-bond donors (Lipinski definition) is 0. The zero-order valence-corrected chi connectivity index (χ0v) is 19.7. The molecule has 0 aliphatic carbocycles. The first kappa shape index (κ1) is 23.7. The molecule has 186 valence electrons. The molecule has 1 aromatic heterocycles. The van der Waals surface area contributed by atoms with Crippen molar-refractivity contribution in [2.75, 3.05) is 13.7 Å². The first-order chi connectivity index (χ1) is 17.5. The van der Waals surface area contributed by atoms with Gasteiger partial charge in [0.25, 0.3) is 11.5 Å². The third-order valence-electron chi connectivity index (χ3n) is 6.44. The molecule has 2 atom stereocenters.